The smallest absolute Gasteiger partial charge is 0.220 e. The van der Waals surface area contributed by atoms with Gasteiger partial charge in [0, 0.05) is 6.42 Å². The summed E-state index contributed by atoms with van der Waals surface area (Å²) in [6.07, 6.45) is 72.7. The molecule has 0 saturated carbocycles. The Bertz CT molecular complexity index is 2400. The number of aliphatic hydroxyl groups is 11. The number of carbonyl (C=O) groups is 1. The summed E-state index contributed by atoms with van der Waals surface area (Å²) in [5.41, 5.74) is 0. The van der Waals surface area contributed by atoms with E-state index < -0.39 is 124 Å². The average molecular weight is 1590 g/mol. The molecule has 112 heavy (non-hydrogen) atoms. The molecule has 3 saturated heterocycles. The summed E-state index contributed by atoms with van der Waals surface area (Å²) in [4.78, 5) is 13.5. The quantitative estimate of drug-likeness (QED) is 0.0199. The third-order valence-electron chi connectivity index (χ3n) is 22.1. The molecule has 3 heterocycles. The van der Waals surface area contributed by atoms with Gasteiger partial charge in [0.05, 0.1) is 38.6 Å². The van der Waals surface area contributed by atoms with Crippen molar-refractivity contribution in [1.29, 1.82) is 0 Å². The van der Waals surface area contributed by atoms with Gasteiger partial charge in [-0.3, -0.25) is 4.79 Å². The fourth-order valence-electron chi connectivity index (χ4n) is 14.9. The minimum atomic E-state index is -1.99. The molecule has 3 fully saturated rings. The lowest BCUT2D eigenvalue weighted by molar-refractivity contribution is -0.379. The predicted molar refractivity (Wildman–Crippen MR) is 452 cm³/mol. The van der Waals surface area contributed by atoms with Crippen molar-refractivity contribution in [3.63, 3.8) is 0 Å². The minimum Gasteiger partial charge on any atom is -0.394 e. The summed E-state index contributed by atoms with van der Waals surface area (Å²) in [6.45, 7) is 1.65. The van der Waals surface area contributed by atoms with E-state index >= 15 is 0 Å². The first-order valence-corrected chi connectivity index (χ1v) is 45.5. The van der Waals surface area contributed by atoms with Crippen LogP contribution >= 0.6 is 0 Å². The number of amides is 1. The van der Waals surface area contributed by atoms with Crippen LogP contribution in [0.2, 0.25) is 0 Å². The number of rotatable bonds is 73. The van der Waals surface area contributed by atoms with Crippen LogP contribution in [0, 0.1) is 0 Å². The first-order chi connectivity index (χ1) is 54.8. The number of carbonyl (C=O) groups excluding carboxylic acids is 1. The van der Waals surface area contributed by atoms with E-state index in [4.69, 9.17) is 28.4 Å². The van der Waals surface area contributed by atoms with Gasteiger partial charge in [-0.2, -0.15) is 0 Å². The van der Waals surface area contributed by atoms with E-state index in [-0.39, 0.29) is 18.9 Å². The molecular formula is C93H165NO18. The molecule has 19 nitrogen and oxygen atoms in total. The average Bonchev–Trinajstić information content (AvgIpc) is 0.781. The molecule has 0 radical (unpaired) electrons. The van der Waals surface area contributed by atoms with Crippen LogP contribution in [-0.4, -0.2) is 193 Å². The van der Waals surface area contributed by atoms with Crippen molar-refractivity contribution >= 4 is 5.91 Å². The Kier molecular flexibility index (Phi) is 66.0. The number of allylic oxidation sites excluding steroid dienone is 15. The summed E-state index contributed by atoms with van der Waals surface area (Å²) >= 11 is 0. The molecule has 0 spiro atoms. The maximum absolute atomic E-state index is 13.5. The first-order valence-electron chi connectivity index (χ1n) is 45.5. The number of hydrogen-bond donors (Lipinski definition) is 12. The van der Waals surface area contributed by atoms with E-state index in [2.05, 4.69) is 104 Å². The van der Waals surface area contributed by atoms with Crippen molar-refractivity contribution in [3.05, 3.63) is 97.2 Å². The topological polar surface area (TPSA) is 307 Å². The Hall–Kier alpha value is -3.29. The van der Waals surface area contributed by atoms with Crippen LogP contribution in [-0.2, 0) is 33.2 Å². The van der Waals surface area contributed by atoms with E-state index in [0.29, 0.717) is 12.8 Å². The van der Waals surface area contributed by atoms with Crippen LogP contribution in [0.4, 0.5) is 0 Å². The number of hydrogen-bond acceptors (Lipinski definition) is 18. The molecule has 1 amide bonds. The standard InChI is InChI=1S/C93H165NO18/c1-3-5-7-9-11-13-15-17-19-21-23-25-27-29-31-33-35-36-37-38-39-40-41-43-45-47-49-51-53-55-57-59-61-63-65-67-69-71-81(99)94-76(77(98)70-68-66-64-62-60-58-56-54-52-50-48-46-44-42-34-32-30-28-26-24-22-20-18-16-14-12-10-8-6-4-2)75-107-91-87(105)84(102)89(79(73-96)109-91)112-93-88(106)85(103)90(80(74-97)110-93)111-92-86(104)83(101)82(100)78(72-95)108-92/h5,7,11,13,17,19,23,25,29,31,35-36,60,62,68,70,76-80,82-93,95-98,100-106H,3-4,6,8-10,12,14-16,18,20-22,24,26-28,30,32-34,37-59,61,63-67,69,71-75H2,1-2H3,(H,94,99)/b7-5-,13-11-,19-17-,25-23-,31-29-,36-35-,62-60+,70-68+. The largest absolute Gasteiger partial charge is 0.394 e. The normalized spacial score (nSPS) is 25.4. The zero-order valence-corrected chi connectivity index (χ0v) is 70.1. The number of unbranched alkanes of at least 4 members (excludes halogenated alkanes) is 43. The summed E-state index contributed by atoms with van der Waals surface area (Å²) in [7, 11) is 0. The van der Waals surface area contributed by atoms with Crippen LogP contribution in [0.25, 0.3) is 0 Å². The summed E-state index contributed by atoms with van der Waals surface area (Å²) in [5, 5.41) is 121. The third kappa shape index (κ3) is 49.8. The molecular weight excluding hydrogens is 1420 g/mol. The fraction of sp³-hybridized carbons (Fsp3) is 0.817. The lowest BCUT2D eigenvalue weighted by atomic mass is 9.96. The second-order valence-corrected chi connectivity index (χ2v) is 32.0. The molecule has 0 aliphatic carbocycles. The maximum atomic E-state index is 13.5. The Balaban J connectivity index is 1.33. The summed E-state index contributed by atoms with van der Waals surface area (Å²) in [6, 6.07) is -0.996. The fourth-order valence-corrected chi connectivity index (χ4v) is 14.9. The molecule has 650 valence electrons. The molecule has 17 unspecified atom stereocenters. The Morgan fingerprint density at radius 2 is 0.625 bits per heavy atom. The number of ether oxygens (including phenoxy) is 6. The number of nitrogens with one attached hydrogen (secondary N) is 1. The zero-order valence-electron chi connectivity index (χ0n) is 70.1. The second kappa shape index (κ2) is 71.8. The van der Waals surface area contributed by atoms with Gasteiger partial charge in [-0.05, 0) is 83.5 Å². The Morgan fingerprint density at radius 3 is 1.00 bits per heavy atom. The van der Waals surface area contributed by atoms with Crippen LogP contribution in [0.15, 0.2) is 97.2 Å². The van der Waals surface area contributed by atoms with Crippen molar-refractivity contribution in [3.8, 4) is 0 Å². The highest BCUT2D eigenvalue weighted by Crippen LogP contribution is 2.34. The van der Waals surface area contributed by atoms with Crippen molar-refractivity contribution in [2.75, 3.05) is 26.4 Å². The van der Waals surface area contributed by atoms with Crippen LogP contribution in [0.5, 0.6) is 0 Å². The van der Waals surface area contributed by atoms with Gasteiger partial charge < -0.3 is 89.9 Å². The maximum Gasteiger partial charge on any atom is 0.220 e. The Labute approximate surface area is 679 Å². The van der Waals surface area contributed by atoms with Gasteiger partial charge in [0.15, 0.2) is 18.9 Å². The van der Waals surface area contributed by atoms with Crippen LogP contribution in [0.3, 0.4) is 0 Å². The molecule has 0 bridgehead atoms. The molecule has 0 aromatic heterocycles. The lowest BCUT2D eigenvalue weighted by Gasteiger charge is -2.48. The lowest BCUT2D eigenvalue weighted by Crippen LogP contribution is -2.66. The highest BCUT2D eigenvalue weighted by atomic mass is 16.8. The van der Waals surface area contributed by atoms with Crippen molar-refractivity contribution in [2.45, 2.75) is 458 Å². The molecule has 19 heteroatoms. The van der Waals surface area contributed by atoms with Gasteiger partial charge in [0.25, 0.3) is 0 Å². The highest BCUT2D eigenvalue weighted by Gasteiger charge is 2.54. The van der Waals surface area contributed by atoms with Crippen LogP contribution in [0.1, 0.15) is 354 Å². The third-order valence-corrected chi connectivity index (χ3v) is 22.1. The molecule has 0 aromatic rings. The molecule has 3 aliphatic rings. The van der Waals surface area contributed by atoms with E-state index in [1.807, 2.05) is 6.08 Å². The molecule has 17 atom stereocenters. The molecule has 0 aromatic carbocycles. The minimum absolute atomic E-state index is 0.234. The predicted octanol–water partition coefficient (Wildman–Crippen LogP) is 17.5. The van der Waals surface area contributed by atoms with E-state index in [9.17, 15) is 61.0 Å². The van der Waals surface area contributed by atoms with Gasteiger partial charge in [0.1, 0.15) is 73.2 Å². The van der Waals surface area contributed by atoms with Gasteiger partial charge in [0.2, 0.25) is 5.91 Å². The highest BCUT2D eigenvalue weighted by molar-refractivity contribution is 5.76. The SMILES string of the molecule is CC/C=C\C/C=C\C/C=C\C/C=C\C/C=C\C/C=C\CCCCCCCCCCCCCCCCCCCCC(=O)NC(COC1OC(CO)C(OC2OC(CO)C(OC3OC(CO)C(O)C(O)C3O)C(O)C2O)C(O)C1O)C(O)/C=C/CC/C=C/CCCCCCCCCCCCCCCCCCCCCCCCCC. The molecule has 3 aliphatic heterocycles. The molecule has 3 rings (SSSR count). The van der Waals surface area contributed by atoms with Gasteiger partial charge in [-0.25, -0.2) is 0 Å². The van der Waals surface area contributed by atoms with Gasteiger partial charge in [-0.15, -0.1) is 0 Å². The van der Waals surface area contributed by atoms with Crippen molar-refractivity contribution in [1.82, 2.24) is 5.32 Å². The monoisotopic (exact) mass is 1580 g/mol. The first kappa shape index (κ1) is 103. The molecule has 12 N–H and O–H groups in total. The van der Waals surface area contributed by atoms with E-state index in [1.54, 1.807) is 6.08 Å². The number of aliphatic hydroxyl groups excluding tert-OH is 11. The Morgan fingerprint density at radius 1 is 0.330 bits per heavy atom. The van der Waals surface area contributed by atoms with E-state index in [1.165, 1.54) is 244 Å². The second-order valence-electron chi connectivity index (χ2n) is 32.0. The van der Waals surface area contributed by atoms with Gasteiger partial charge >= 0.3 is 0 Å². The van der Waals surface area contributed by atoms with Gasteiger partial charge in [-0.1, -0.05) is 361 Å². The van der Waals surface area contributed by atoms with Crippen LogP contribution < -0.4 is 5.32 Å². The zero-order chi connectivity index (χ0) is 81.0. The van der Waals surface area contributed by atoms with Crippen molar-refractivity contribution in [2.24, 2.45) is 0 Å². The summed E-state index contributed by atoms with van der Waals surface area (Å²) in [5.74, 6) is -0.282. The van der Waals surface area contributed by atoms with E-state index in [0.717, 1.165) is 77.0 Å². The van der Waals surface area contributed by atoms with Crippen molar-refractivity contribution < 1.29 is 89.4 Å². The summed E-state index contributed by atoms with van der Waals surface area (Å²) < 4.78 is 34.5.